The fourth-order valence-electron chi connectivity index (χ4n) is 4.74. The molecule has 1 unspecified atom stereocenters. The number of benzene rings is 2. The molecule has 33 heavy (non-hydrogen) atoms. The molecule has 2 aliphatic heterocycles. The molecule has 5 rings (SSSR count). The monoisotopic (exact) mass is 449 g/mol. The van der Waals surface area contributed by atoms with E-state index < -0.39 is 6.04 Å². The van der Waals surface area contributed by atoms with Crippen LogP contribution in [0.2, 0.25) is 0 Å². The lowest BCUT2D eigenvalue weighted by Gasteiger charge is -2.39. The SMILES string of the molecule is Cn1nc(C(=O)N2CCC3C(=O)N(Cc4cccc(F)c4)CC(=O)N3CC2)c2ccccc21. The van der Waals surface area contributed by atoms with Crippen LogP contribution in [0.15, 0.2) is 48.5 Å². The van der Waals surface area contributed by atoms with Gasteiger partial charge < -0.3 is 14.7 Å². The Morgan fingerprint density at radius 3 is 2.73 bits per heavy atom. The van der Waals surface area contributed by atoms with E-state index in [1.165, 1.54) is 17.0 Å². The maximum atomic E-state index is 13.6. The van der Waals surface area contributed by atoms with Crippen molar-refractivity contribution in [1.82, 2.24) is 24.5 Å². The summed E-state index contributed by atoms with van der Waals surface area (Å²) >= 11 is 0. The molecule has 9 heteroatoms. The molecule has 2 fully saturated rings. The van der Waals surface area contributed by atoms with Gasteiger partial charge in [-0.1, -0.05) is 30.3 Å². The van der Waals surface area contributed by atoms with E-state index in [4.69, 9.17) is 0 Å². The number of fused-ring (bicyclic) bond motifs is 2. The Hall–Kier alpha value is -3.75. The fourth-order valence-corrected chi connectivity index (χ4v) is 4.74. The van der Waals surface area contributed by atoms with Gasteiger partial charge in [-0.25, -0.2) is 4.39 Å². The van der Waals surface area contributed by atoms with Gasteiger partial charge in [-0.05, 0) is 30.2 Å². The molecule has 0 radical (unpaired) electrons. The van der Waals surface area contributed by atoms with Gasteiger partial charge in [0, 0.05) is 38.6 Å². The van der Waals surface area contributed by atoms with Crippen molar-refractivity contribution in [2.24, 2.45) is 7.05 Å². The minimum Gasteiger partial charge on any atom is -0.335 e. The number of rotatable bonds is 3. The Balaban J connectivity index is 1.34. The zero-order chi connectivity index (χ0) is 23.1. The third-order valence-electron chi connectivity index (χ3n) is 6.41. The van der Waals surface area contributed by atoms with Gasteiger partial charge in [0.25, 0.3) is 5.91 Å². The Bertz CT molecular complexity index is 1260. The molecule has 0 aliphatic carbocycles. The summed E-state index contributed by atoms with van der Waals surface area (Å²) in [7, 11) is 1.80. The van der Waals surface area contributed by atoms with Crippen LogP contribution in [0.3, 0.4) is 0 Å². The number of carbonyl (C=O) groups excluding carboxylic acids is 3. The van der Waals surface area contributed by atoms with Crippen LogP contribution in [-0.4, -0.2) is 74.4 Å². The zero-order valence-corrected chi connectivity index (χ0v) is 18.3. The van der Waals surface area contributed by atoms with Crippen molar-refractivity contribution < 1.29 is 18.8 Å². The second-order valence-electron chi connectivity index (χ2n) is 8.50. The third kappa shape index (κ3) is 3.83. The van der Waals surface area contributed by atoms with Crippen molar-refractivity contribution in [2.45, 2.75) is 19.0 Å². The molecule has 170 valence electrons. The standard InChI is InChI=1S/C24H24FN5O3/c1-27-19-8-3-2-7-18(19)22(26-27)24(33)28-10-9-20-23(32)29(15-21(31)30(20)12-11-28)14-16-5-4-6-17(25)13-16/h2-8,13,20H,9-12,14-15H2,1H3. The summed E-state index contributed by atoms with van der Waals surface area (Å²) in [5.74, 6) is -0.913. The number of aromatic nitrogens is 2. The van der Waals surface area contributed by atoms with Crippen LogP contribution in [0.25, 0.3) is 10.9 Å². The summed E-state index contributed by atoms with van der Waals surface area (Å²) in [5.41, 5.74) is 1.88. The predicted molar refractivity (Wildman–Crippen MR) is 119 cm³/mol. The molecule has 0 bridgehead atoms. The topological polar surface area (TPSA) is 78.8 Å². The van der Waals surface area contributed by atoms with Crippen LogP contribution in [0.5, 0.6) is 0 Å². The molecule has 3 aromatic rings. The maximum Gasteiger partial charge on any atom is 0.275 e. The highest BCUT2D eigenvalue weighted by atomic mass is 19.1. The molecule has 2 aromatic carbocycles. The van der Waals surface area contributed by atoms with E-state index >= 15 is 0 Å². The first-order chi connectivity index (χ1) is 15.9. The number of piperazine rings is 1. The predicted octanol–water partition coefficient (Wildman–Crippen LogP) is 1.80. The summed E-state index contributed by atoms with van der Waals surface area (Å²) in [6.45, 7) is 1.10. The smallest absolute Gasteiger partial charge is 0.275 e. The number of para-hydroxylation sites is 1. The number of nitrogens with zero attached hydrogens (tertiary/aromatic N) is 5. The first-order valence-electron chi connectivity index (χ1n) is 11.0. The second-order valence-corrected chi connectivity index (χ2v) is 8.50. The van der Waals surface area contributed by atoms with Crippen LogP contribution >= 0.6 is 0 Å². The van der Waals surface area contributed by atoms with Crippen LogP contribution in [-0.2, 0) is 23.2 Å². The van der Waals surface area contributed by atoms with Crippen LogP contribution in [0, 0.1) is 5.82 Å². The number of hydrogen-bond donors (Lipinski definition) is 0. The summed E-state index contributed by atoms with van der Waals surface area (Å²) in [6, 6.07) is 13.0. The van der Waals surface area contributed by atoms with E-state index in [9.17, 15) is 18.8 Å². The number of hydrogen-bond acceptors (Lipinski definition) is 4. The largest absolute Gasteiger partial charge is 0.335 e. The van der Waals surface area contributed by atoms with Gasteiger partial charge >= 0.3 is 0 Å². The van der Waals surface area contributed by atoms with Crippen LogP contribution in [0.1, 0.15) is 22.5 Å². The molecule has 0 N–H and O–H groups in total. The van der Waals surface area contributed by atoms with Gasteiger partial charge in [-0.3, -0.25) is 19.1 Å². The van der Waals surface area contributed by atoms with Crippen LogP contribution in [0.4, 0.5) is 4.39 Å². The average molecular weight is 449 g/mol. The van der Waals surface area contributed by atoms with Crippen molar-refractivity contribution in [3.05, 3.63) is 65.6 Å². The molecule has 8 nitrogen and oxygen atoms in total. The third-order valence-corrected chi connectivity index (χ3v) is 6.41. The molecule has 3 amide bonds. The number of amides is 3. The van der Waals surface area contributed by atoms with E-state index in [-0.39, 0.29) is 36.6 Å². The van der Waals surface area contributed by atoms with Gasteiger partial charge in [0.15, 0.2) is 5.69 Å². The maximum absolute atomic E-state index is 13.6. The number of carbonyl (C=O) groups is 3. The molecule has 1 atom stereocenters. The minimum absolute atomic E-state index is 0.0509. The Kier molecular flexibility index (Phi) is 5.32. The average Bonchev–Trinajstić information content (AvgIpc) is 2.98. The summed E-state index contributed by atoms with van der Waals surface area (Å²) in [6.07, 6.45) is 0.348. The molecule has 2 saturated heterocycles. The van der Waals surface area contributed by atoms with Crippen molar-refractivity contribution >= 4 is 28.6 Å². The van der Waals surface area contributed by atoms with Crippen molar-refractivity contribution in [1.29, 1.82) is 0 Å². The highest BCUT2D eigenvalue weighted by Crippen LogP contribution is 2.24. The second kappa shape index (κ2) is 8.31. The highest BCUT2D eigenvalue weighted by Gasteiger charge is 2.41. The molecular weight excluding hydrogens is 425 g/mol. The van der Waals surface area contributed by atoms with Crippen molar-refractivity contribution in [2.75, 3.05) is 26.2 Å². The van der Waals surface area contributed by atoms with E-state index in [1.807, 2.05) is 24.3 Å². The van der Waals surface area contributed by atoms with Gasteiger partial charge in [0.05, 0.1) is 5.52 Å². The zero-order valence-electron chi connectivity index (χ0n) is 18.3. The van der Waals surface area contributed by atoms with E-state index in [0.29, 0.717) is 37.3 Å². The lowest BCUT2D eigenvalue weighted by molar-refractivity contribution is -0.156. The van der Waals surface area contributed by atoms with Crippen molar-refractivity contribution in [3.8, 4) is 0 Å². The van der Waals surface area contributed by atoms with Gasteiger partial charge in [0.2, 0.25) is 11.8 Å². The van der Waals surface area contributed by atoms with Gasteiger partial charge in [-0.15, -0.1) is 0 Å². The Labute approximate surface area is 190 Å². The summed E-state index contributed by atoms with van der Waals surface area (Å²) in [5, 5.41) is 5.20. The lowest BCUT2D eigenvalue weighted by atomic mass is 10.1. The fraction of sp³-hybridized carbons (Fsp3) is 0.333. The first kappa shape index (κ1) is 21.1. The summed E-state index contributed by atoms with van der Waals surface area (Å²) in [4.78, 5) is 44.1. The number of halogens is 1. The normalized spacial score (nSPS) is 19.1. The van der Waals surface area contributed by atoms with Gasteiger partial charge in [0.1, 0.15) is 18.4 Å². The first-order valence-corrected chi connectivity index (χ1v) is 11.0. The molecule has 0 spiro atoms. The Morgan fingerprint density at radius 1 is 1.09 bits per heavy atom. The Morgan fingerprint density at radius 2 is 1.91 bits per heavy atom. The van der Waals surface area contributed by atoms with Crippen LogP contribution < -0.4 is 0 Å². The number of aryl methyl sites for hydroxylation is 1. The van der Waals surface area contributed by atoms with E-state index in [0.717, 1.165) is 10.9 Å². The van der Waals surface area contributed by atoms with E-state index in [2.05, 4.69) is 5.10 Å². The molecule has 0 saturated carbocycles. The molecule has 3 heterocycles. The highest BCUT2D eigenvalue weighted by molar-refractivity contribution is 6.05. The molecule has 1 aromatic heterocycles. The molecule has 2 aliphatic rings. The lowest BCUT2D eigenvalue weighted by Crippen LogP contribution is -2.59. The molecular formula is C24H24FN5O3. The van der Waals surface area contributed by atoms with E-state index in [1.54, 1.807) is 33.7 Å². The quantitative estimate of drug-likeness (QED) is 0.611. The van der Waals surface area contributed by atoms with Gasteiger partial charge in [-0.2, -0.15) is 5.10 Å². The minimum atomic E-state index is -0.627. The van der Waals surface area contributed by atoms with Crippen molar-refractivity contribution in [3.63, 3.8) is 0 Å². The summed E-state index contributed by atoms with van der Waals surface area (Å²) < 4.78 is 15.2.